The number of carbonyl (C=O) groups excluding carboxylic acids is 1. The molecule has 2 aromatic carbocycles. The zero-order valence-electron chi connectivity index (χ0n) is 11.3. The highest BCUT2D eigenvalue weighted by molar-refractivity contribution is 7.99. The number of rotatable bonds is 5. The molecule has 0 aliphatic carbocycles. The van der Waals surface area contributed by atoms with Crippen LogP contribution in [0, 0.1) is 13.8 Å². The van der Waals surface area contributed by atoms with Crippen LogP contribution in [-0.4, -0.2) is 11.5 Å². The largest absolute Gasteiger partial charge is 0.294 e. The van der Waals surface area contributed by atoms with Crippen LogP contribution in [-0.2, 0) is 0 Å². The van der Waals surface area contributed by atoms with Gasteiger partial charge in [-0.2, -0.15) is 0 Å². The first-order valence-electron chi connectivity index (χ1n) is 6.45. The van der Waals surface area contributed by atoms with Crippen molar-refractivity contribution in [2.45, 2.75) is 25.2 Å². The second kappa shape index (κ2) is 6.58. The fraction of sp³-hybridized carbons (Fsp3) is 0.235. The van der Waals surface area contributed by atoms with Crippen LogP contribution in [0.4, 0.5) is 0 Å². The average Bonchev–Trinajstić information content (AvgIpc) is 2.43. The normalized spacial score (nSPS) is 10.4. The number of carbonyl (C=O) groups is 1. The first kappa shape index (κ1) is 13.9. The summed E-state index contributed by atoms with van der Waals surface area (Å²) in [4.78, 5) is 13.3. The minimum atomic E-state index is 0.221. The van der Waals surface area contributed by atoms with E-state index in [2.05, 4.69) is 32.0 Å². The van der Waals surface area contributed by atoms with E-state index in [1.54, 1.807) is 11.8 Å². The molecule has 98 valence electrons. The van der Waals surface area contributed by atoms with Crippen LogP contribution < -0.4 is 0 Å². The van der Waals surface area contributed by atoms with E-state index >= 15 is 0 Å². The van der Waals surface area contributed by atoms with Crippen LogP contribution in [0.1, 0.15) is 27.9 Å². The second-order valence-corrected chi connectivity index (χ2v) is 5.79. The summed E-state index contributed by atoms with van der Waals surface area (Å²) in [6, 6.07) is 16.0. The zero-order chi connectivity index (χ0) is 13.7. The Balaban J connectivity index is 1.90. The first-order valence-corrected chi connectivity index (χ1v) is 7.43. The Morgan fingerprint density at radius 2 is 1.79 bits per heavy atom. The standard InChI is InChI=1S/C17H18OS/c1-13-8-9-14(2)17(12-13)19-11-10-16(18)15-6-4-3-5-7-15/h3-9,12H,10-11H2,1-2H3. The molecule has 19 heavy (non-hydrogen) atoms. The molecule has 0 radical (unpaired) electrons. The van der Waals surface area contributed by atoms with Gasteiger partial charge in [-0.05, 0) is 25.5 Å². The number of Topliss-reactive ketones (excluding diaryl/α,β-unsaturated/α-hetero) is 1. The predicted octanol–water partition coefficient (Wildman–Crippen LogP) is 4.67. The van der Waals surface area contributed by atoms with Crippen LogP contribution in [0.5, 0.6) is 0 Å². The lowest BCUT2D eigenvalue weighted by molar-refractivity contribution is 0.0989. The molecule has 0 spiro atoms. The molecule has 0 unspecified atom stereocenters. The summed E-state index contributed by atoms with van der Waals surface area (Å²) in [5.74, 6) is 1.05. The van der Waals surface area contributed by atoms with E-state index in [9.17, 15) is 4.79 Å². The quantitative estimate of drug-likeness (QED) is 0.580. The maximum atomic E-state index is 12.0. The third-order valence-corrected chi connectivity index (χ3v) is 4.19. The van der Waals surface area contributed by atoms with Crippen molar-refractivity contribution in [2.75, 3.05) is 5.75 Å². The van der Waals surface area contributed by atoms with Crippen molar-refractivity contribution in [3.8, 4) is 0 Å². The van der Waals surface area contributed by atoms with Crippen molar-refractivity contribution >= 4 is 17.5 Å². The fourth-order valence-electron chi connectivity index (χ4n) is 1.88. The van der Waals surface area contributed by atoms with Crippen LogP contribution in [0.3, 0.4) is 0 Å². The summed E-state index contributed by atoms with van der Waals surface area (Å²) in [6.45, 7) is 4.21. The minimum absolute atomic E-state index is 0.221. The van der Waals surface area contributed by atoms with Gasteiger partial charge in [-0.1, -0.05) is 48.0 Å². The molecule has 0 atom stereocenters. The fourth-order valence-corrected chi connectivity index (χ4v) is 2.96. The summed E-state index contributed by atoms with van der Waals surface area (Å²) < 4.78 is 0. The molecule has 2 rings (SSSR count). The Labute approximate surface area is 119 Å². The number of ketones is 1. The number of hydrogen-bond donors (Lipinski definition) is 0. The molecule has 0 saturated heterocycles. The molecule has 0 aliphatic heterocycles. The second-order valence-electron chi connectivity index (χ2n) is 4.66. The van der Waals surface area contributed by atoms with Gasteiger partial charge in [0.25, 0.3) is 0 Å². The average molecular weight is 270 g/mol. The summed E-state index contributed by atoms with van der Waals surface area (Å²) in [5, 5.41) is 0. The molecule has 0 aromatic heterocycles. The number of aryl methyl sites for hydroxylation is 2. The molecule has 0 N–H and O–H groups in total. The van der Waals surface area contributed by atoms with E-state index in [4.69, 9.17) is 0 Å². The molecule has 0 aliphatic rings. The molecule has 0 heterocycles. The number of benzene rings is 2. The molecular weight excluding hydrogens is 252 g/mol. The summed E-state index contributed by atoms with van der Waals surface area (Å²) >= 11 is 1.76. The van der Waals surface area contributed by atoms with Gasteiger partial charge in [-0.25, -0.2) is 0 Å². The third kappa shape index (κ3) is 3.97. The predicted molar refractivity (Wildman–Crippen MR) is 82.0 cm³/mol. The lowest BCUT2D eigenvalue weighted by Gasteiger charge is -2.06. The van der Waals surface area contributed by atoms with Crippen LogP contribution in [0.25, 0.3) is 0 Å². The van der Waals surface area contributed by atoms with Crippen molar-refractivity contribution < 1.29 is 4.79 Å². The van der Waals surface area contributed by atoms with Crippen molar-refractivity contribution in [1.82, 2.24) is 0 Å². The summed E-state index contributed by atoms with van der Waals surface area (Å²) in [6.07, 6.45) is 0.585. The molecule has 0 fully saturated rings. The molecule has 2 heteroatoms. The van der Waals surface area contributed by atoms with E-state index in [0.717, 1.165) is 11.3 Å². The Morgan fingerprint density at radius 3 is 2.53 bits per heavy atom. The highest BCUT2D eigenvalue weighted by Gasteiger charge is 2.06. The van der Waals surface area contributed by atoms with Gasteiger partial charge in [-0.15, -0.1) is 11.8 Å². The highest BCUT2D eigenvalue weighted by Crippen LogP contribution is 2.24. The smallest absolute Gasteiger partial charge is 0.163 e. The van der Waals surface area contributed by atoms with E-state index in [1.165, 1.54) is 16.0 Å². The van der Waals surface area contributed by atoms with Gasteiger partial charge in [-0.3, -0.25) is 4.79 Å². The maximum Gasteiger partial charge on any atom is 0.163 e. The Hall–Kier alpha value is -1.54. The van der Waals surface area contributed by atoms with Gasteiger partial charge in [0.15, 0.2) is 5.78 Å². The van der Waals surface area contributed by atoms with Gasteiger partial charge >= 0.3 is 0 Å². The van der Waals surface area contributed by atoms with Crippen LogP contribution in [0.2, 0.25) is 0 Å². The van der Waals surface area contributed by atoms with Gasteiger partial charge in [0, 0.05) is 22.6 Å². The highest BCUT2D eigenvalue weighted by atomic mass is 32.2. The Bertz CT molecular complexity index is 561. The van der Waals surface area contributed by atoms with Crippen LogP contribution >= 0.6 is 11.8 Å². The lowest BCUT2D eigenvalue weighted by Crippen LogP contribution is -2.00. The molecule has 2 aromatic rings. The SMILES string of the molecule is Cc1ccc(C)c(SCCC(=O)c2ccccc2)c1. The molecule has 0 amide bonds. The molecule has 0 saturated carbocycles. The summed E-state index contributed by atoms with van der Waals surface area (Å²) in [7, 11) is 0. The lowest BCUT2D eigenvalue weighted by atomic mass is 10.1. The Morgan fingerprint density at radius 1 is 1.05 bits per heavy atom. The minimum Gasteiger partial charge on any atom is -0.294 e. The van der Waals surface area contributed by atoms with Gasteiger partial charge in [0.1, 0.15) is 0 Å². The zero-order valence-corrected chi connectivity index (χ0v) is 12.2. The summed E-state index contributed by atoms with van der Waals surface area (Å²) in [5.41, 5.74) is 3.36. The maximum absolute atomic E-state index is 12.0. The third-order valence-electron chi connectivity index (χ3n) is 3.03. The van der Waals surface area contributed by atoms with Crippen molar-refractivity contribution in [2.24, 2.45) is 0 Å². The molecular formula is C17H18OS. The van der Waals surface area contributed by atoms with Gasteiger partial charge in [0.2, 0.25) is 0 Å². The van der Waals surface area contributed by atoms with Crippen LogP contribution in [0.15, 0.2) is 53.4 Å². The molecule has 0 bridgehead atoms. The van der Waals surface area contributed by atoms with Crippen molar-refractivity contribution in [3.05, 3.63) is 65.2 Å². The number of thioether (sulfide) groups is 1. The van der Waals surface area contributed by atoms with Gasteiger partial charge in [0.05, 0.1) is 0 Å². The first-order chi connectivity index (χ1) is 9.16. The van der Waals surface area contributed by atoms with E-state index in [1.807, 2.05) is 30.3 Å². The van der Waals surface area contributed by atoms with E-state index < -0.39 is 0 Å². The van der Waals surface area contributed by atoms with E-state index in [-0.39, 0.29) is 5.78 Å². The topological polar surface area (TPSA) is 17.1 Å². The Kier molecular flexibility index (Phi) is 4.80. The van der Waals surface area contributed by atoms with Crippen molar-refractivity contribution in [3.63, 3.8) is 0 Å². The van der Waals surface area contributed by atoms with Crippen molar-refractivity contribution in [1.29, 1.82) is 0 Å². The number of hydrogen-bond acceptors (Lipinski definition) is 2. The molecule has 1 nitrogen and oxygen atoms in total. The monoisotopic (exact) mass is 270 g/mol. The van der Waals surface area contributed by atoms with Gasteiger partial charge < -0.3 is 0 Å². The van der Waals surface area contributed by atoms with E-state index in [0.29, 0.717) is 6.42 Å².